The lowest BCUT2D eigenvalue weighted by Crippen LogP contribution is -1.86. The van der Waals surface area contributed by atoms with Crippen LogP contribution in [0.25, 0.3) is 11.3 Å². The van der Waals surface area contributed by atoms with Crippen molar-refractivity contribution in [2.24, 2.45) is 0 Å². The van der Waals surface area contributed by atoms with Gasteiger partial charge in [0.05, 0.1) is 5.02 Å². The molecule has 1 aromatic carbocycles. The molecular formula is C10H4Cl3NO2. The number of halogens is 3. The fourth-order valence-electron chi connectivity index (χ4n) is 1.26. The standard InChI is InChI=1S/C10H4Cl3NO2/c11-5-1-2-6(8(12)3-5)9-7(4-15)10(13)16-14-9/h1-4H. The van der Waals surface area contributed by atoms with Crippen molar-refractivity contribution >= 4 is 41.1 Å². The van der Waals surface area contributed by atoms with E-state index in [0.717, 1.165) is 0 Å². The van der Waals surface area contributed by atoms with Gasteiger partial charge in [-0.25, -0.2) is 0 Å². The molecule has 0 bridgehead atoms. The molecule has 0 saturated carbocycles. The largest absolute Gasteiger partial charge is 0.343 e. The normalized spacial score (nSPS) is 10.4. The zero-order valence-electron chi connectivity index (χ0n) is 7.71. The molecule has 1 heterocycles. The third-order valence-corrected chi connectivity index (χ3v) is 2.81. The molecule has 0 aliphatic rings. The quantitative estimate of drug-likeness (QED) is 0.775. The van der Waals surface area contributed by atoms with Crippen molar-refractivity contribution in [3.05, 3.63) is 39.0 Å². The Morgan fingerprint density at radius 2 is 2.00 bits per heavy atom. The van der Waals surface area contributed by atoms with E-state index in [0.29, 0.717) is 27.6 Å². The van der Waals surface area contributed by atoms with Gasteiger partial charge >= 0.3 is 0 Å². The van der Waals surface area contributed by atoms with Crippen molar-refractivity contribution < 1.29 is 9.32 Å². The second-order valence-electron chi connectivity index (χ2n) is 2.96. The van der Waals surface area contributed by atoms with E-state index >= 15 is 0 Å². The van der Waals surface area contributed by atoms with Crippen LogP contribution in [0.3, 0.4) is 0 Å². The maximum absolute atomic E-state index is 10.8. The van der Waals surface area contributed by atoms with E-state index in [1.807, 2.05) is 0 Å². The van der Waals surface area contributed by atoms with Crippen LogP contribution in [-0.2, 0) is 0 Å². The van der Waals surface area contributed by atoms with Gasteiger partial charge in [0.1, 0.15) is 11.3 Å². The Morgan fingerprint density at radius 3 is 2.62 bits per heavy atom. The maximum Gasteiger partial charge on any atom is 0.237 e. The van der Waals surface area contributed by atoms with Crippen molar-refractivity contribution in [3.63, 3.8) is 0 Å². The Balaban J connectivity index is 2.63. The molecule has 16 heavy (non-hydrogen) atoms. The highest BCUT2D eigenvalue weighted by Crippen LogP contribution is 2.33. The van der Waals surface area contributed by atoms with Crippen LogP contribution >= 0.6 is 34.8 Å². The van der Waals surface area contributed by atoms with E-state index in [9.17, 15) is 4.79 Å². The molecule has 0 amide bonds. The summed E-state index contributed by atoms with van der Waals surface area (Å²) < 4.78 is 4.72. The van der Waals surface area contributed by atoms with Crippen LogP contribution in [-0.4, -0.2) is 11.4 Å². The van der Waals surface area contributed by atoms with Gasteiger partial charge in [-0.3, -0.25) is 4.79 Å². The Bertz CT molecular complexity index is 551. The molecule has 0 unspecified atom stereocenters. The fourth-order valence-corrected chi connectivity index (χ4v) is 1.92. The summed E-state index contributed by atoms with van der Waals surface area (Å²) in [5, 5.41) is 4.49. The first kappa shape index (κ1) is 11.5. The molecule has 1 aromatic heterocycles. The van der Waals surface area contributed by atoms with Crippen LogP contribution in [0, 0.1) is 0 Å². The Labute approximate surface area is 106 Å². The molecule has 0 fully saturated rings. The van der Waals surface area contributed by atoms with E-state index in [2.05, 4.69) is 5.16 Å². The Kier molecular flexibility index (Phi) is 3.19. The van der Waals surface area contributed by atoms with Gasteiger partial charge in [-0.15, -0.1) is 0 Å². The molecule has 3 nitrogen and oxygen atoms in total. The van der Waals surface area contributed by atoms with Gasteiger partial charge in [0.2, 0.25) is 5.22 Å². The van der Waals surface area contributed by atoms with Crippen LogP contribution < -0.4 is 0 Å². The minimum atomic E-state index is -0.0592. The Morgan fingerprint density at radius 1 is 1.25 bits per heavy atom. The first-order chi connectivity index (χ1) is 7.63. The lowest BCUT2D eigenvalue weighted by molar-refractivity contribution is 0.112. The highest BCUT2D eigenvalue weighted by atomic mass is 35.5. The summed E-state index contributed by atoms with van der Waals surface area (Å²) in [6, 6.07) is 4.83. The average molecular weight is 277 g/mol. The van der Waals surface area contributed by atoms with Crippen LogP contribution in [0.15, 0.2) is 22.7 Å². The van der Waals surface area contributed by atoms with E-state index < -0.39 is 0 Å². The summed E-state index contributed by atoms with van der Waals surface area (Å²) in [4.78, 5) is 10.8. The summed E-state index contributed by atoms with van der Waals surface area (Å²) in [6.45, 7) is 0. The van der Waals surface area contributed by atoms with Crippen molar-refractivity contribution in [1.82, 2.24) is 5.16 Å². The number of aldehydes is 1. The van der Waals surface area contributed by atoms with Crippen molar-refractivity contribution in [1.29, 1.82) is 0 Å². The zero-order valence-corrected chi connectivity index (χ0v) is 9.97. The average Bonchev–Trinajstić information content (AvgIpc) is 2.59. The first-order valence-electron chi connectivity index (χ1n) is 4.19. The fraction of sp³-hybridized carbons (Fsp3) is 0. The third kappa shape index (κ3) is 1.94. The molecule has 0 atom stereocenters. The van der Waals surface area contributed by atoms with E-state index in [-0.39, 0.29) is 10.8 Å². The van der Waals surface area contributed by atoms with Crippen LogP contribution in [0.5, 0.6) is 0 Å². The van der Waals surface area contributed by atoms with E-state index in [4.69, 9.17) is 39.3 Å². The predicted molar refractivity (Wildman–Crippen MR) is 62.4 cm³/mol. The molecule has 0 spiro atoms. The summed E-state index contributed by atoms with van der Waals surface area (Å²) in [5.41, 5.74) is 1.02. The van der Waals surface area contributed by atoms with E-state index in [1.54, 1.807) is 18.2 Å². The number of hydrogen-bond donors (Lipinski definition) is 0. The van der Waals surface area contributed by atoms with Gasteiger partial charge in [-0.1, -0.05) is 28.4 Å². The van der Waals surface area contributed by atoms with Gasteiger partial charge in [-0.2, -0.15) is 0 Å². The number of nitrogens with zero attached hydrogens (tertiary/aromatic N) is 1. The topological polar surface area (TPSA) is 43.1 Å². The molecule has 2 aromatic rings. The second-order valence-corrected chi connectivity index (χ2v) is 4.15. The molecule has 82 valence electrons. The molecule has 0 aliphatic heterocycles. The van der Waals surface area contributed by atoms with E-state index in [1.165, 1.54) is 0 Å². The summed E-state index contributed by atoms with van der Waals surface area (Å²) >= 11 is 17.4. The number of aromatic nitrogens is 1. The van der Waals surface area contributed by atoms with Gasteiger partial charge in [0, 0.05) is 10.6 Å². The highest BCUT2D eigenvalue weighted by Gasteiger charge is 2.17. The third-order valence-electron chi connectivity index (χ3n) is 1.99. The Hall–Kier alpha value is -1.03. The van der Waals surface area contributed by atoms with Crippen molar-refractivity contribution in [2.75, 3.05) is 0 Å². The molecule has 2 rings (SSSR count). The number of hydrogen-bond acceptors (Lipinski definition) is 3. The summed E-state index contributed by atoms with van der Waals surface area (Å²) in [7, 11) is 0. The minimum Gasteiger partial charge on any atom is -0.343 e. The van der Waals surface area contributed by atoms with Gasteiger partial charge in [0.25, 0.3) is 0 Å². The SMILES string of the molecule is O=Cc1c(-c2ccc(Cl)cc2Cl)noc1Cl. The lowest BCUT2D eigenvalue weighted by Gasteiger charge is -2.00. The molecular weight excluding hydrogens is 272 g/mol. The number of carbonyl (C=O) groups is 1. The molecule has 0 aliphatic carbocycles. The second kappa shape index (κ2) is 4.45. The smallest absolute Gasteiger partial charge is 0.237 e. The zero-order chi connectivity index (χ0) is 11.7. The van der Waals surface area contributed by atoms with Crippen molar-refractivity contribution in [2.45, 2.75) is 0 Å². The molecule has 0 radical (unpaired) electrons. The number of carbonyl (C=O) groups excluding carboxylic acids is 1. The monoisotopic (exact) mass is 275 g/mol. The molecule has 6 heteroatoms. The van der Waals surface area contributed by atoms with Crippen LogP contribution in [0.2, 0.25) is 15.3 Å². The lowest BCUT2D eigenvalue weighted by atomic mass is 10.1. The first-order valence-corrected chi connectivity index (χ1v) is 5.32. The molecule has 0 N–H and O–H groups in total. The highest BCUT2D eigenvalue weighted by molar-refractivity contribution is 6.37. The molecule has 0 saturated heterocycles. The number of rotatable bonds is 2. The van der Waals surface area contributed by atoms with Crippen molar-refractivity contribution in [3.8, 4) is 11.3 Å². The van der Waals surface area contributed by atoms with Gasteiger partial charge in [-0.05, 0) is 29.8 Å². The minimum absolute atomic E-state index is 0.0592. The predicted octanol–water partition coefficient (Wildman–Crippen LogP) is 4.11. The van der Waals surface area contributed by atoms with Crippen LogP contribution in [0.1, 0.15) is 10.4 Å². The summed E-state index contributed by atoms with van der Waals surface area (Å²) in [5.74, 6) is 0. The van der Waals surface area contributed by atoms with Gasteiger partial charge < -0.3 is 4.52 Å². The van der Waals surface area contributed by atoms with Gasteiger partial charge in [0.15, 0.2) is 6.29 Å². The van der Waals surface area contributed by atoms with Crippen LogP contribution in [0.4, 0.5) is 0 Å². The maximum atomic E-state index is 10.8. The summed E-state index contributed by atoms with van der Waals surface area (Å²) in [6.07, 6.45) is 0.569. The number of benzene rings is 1.